The number of nitrogens with one attached hydrogen (secondary N) is 3. The summed E-state index contributed by atoms with van der Waals surface area (Å²) in [6.45, 7) is 1.000. The van der Waals surface area contributed by atoms with E-state index in [-0.39, 0.29) is 167 Å². The van der Waals surface area contributed by atoms with Crippen LogP contribution in [0.1, 0.15) is 31.2 Å². The Morgan fingerprint density at radius 1 is 0.829 bits per heavy atom. The van der Waals surface area contributed by atoms with Crippen LogP contribution in [0.25, 0.3) is 10.6 Å². The second-order valence-electron chi connectivity index (χ2n) is 6.96. The maximum absolute atomic E-state index is 11.9. The predicted octanol–water partition coefficient (Wildman–Crippen LogP) is -5.15. The molecule has 1 rings (SSSR count). The second-order valence-corrected chi connectivity index (χ2v) is 6.96. The van der Waals surface area contributed by atoms with E-state index < -0.39 is 18.2 Å². The first-order chi connectivity index (χ1) is 15.8. The quantitative estimate of drug-likeness (QED) is 0.130. The summed E-state index contributed by atoms with van der Waals surface area (Å²) >= 11 is 0. The van der Waals surface area contributed by atoms with Crippen molar-refractivity contribution in [1.82, 2.24) is 16.0 Å². The summed E-state index contributed by atoms with van der Waals surface area (Å²) in [4.78, 5) is 57.7. The molecule has 0 aromatic heterocycles. The molecular weight excluding hydrogens is 601 g/mol. The van der Waals surface area contributed by atoms with Crippen molar-refractivity contribution in [1.29, 1.82) is 0 Å². The van der Waals surface area contributed by atoms with Crippen LogP contribution in [0.3, 0.4) is 0 Å². The molecule has 182 valence electrons. The predicted molar refractivity (Wildman–Crippen MR) is 122 cm³/mol. The largest absolute Gasteiger partial charge is 1.00 e. The maximum Gasteiger partial charge on any atom is 1.00 e. The average molecular weight is 632 g/mol. The van der Waals surface area contributed by atoms with E-state index in [1.54, 1.807) is 31.3 Å². The fourth-order valence-corrected chi connectivity index (χ4v) is 2.54. The third-order valence-electron chi connectivity index (χ3n) is 4.31. The minimum atomic E-state index is -0.616. The van der Waals surface area contributed by atoms with Gasteiger partial charge in [0.05, 0.1) is 18.2 Å². The molecular formula is C22H31N5O6Rb2. The van der Waals surface area contributed by atoms with E-state index in [2.05, 4.69) is 26.6 Å². The van der Waals surface area contributed by atoms with E-state index in [0.29, 0.717) is 25.1 Å². The standard InChI is InChI=1S/C22H33N5O6.2Rb/c1-23-18(28)4-3-12-33-13-11-26-21(31)15-22(32)27-17-7-5-16(6-8-17)14-20(30)25-10-9-19(29)24-2;;/h5-8H,3-4,9-15H2,1-2H3,(H5,23,24,25,26,27,28,29,30,31,32);;/q;2*+1/p-2. The summed E-state index contributed by atoms with van der Waals surface area (Å²) in [6.07, 6.45) is 0.848. The van der Waals surface area contributed by atoms with Gasteiger partial charge < -0.3 is 40.9 Å². The molecule has 0 bridgehead atoms. The topological polar surface area (TPSA) is 159 Å². The summed E-state index contributed by atoms with van der Waals surface area (Å²) < 4.78 is 5.27. The molecule has 0 atom stereocenters. The van der Waals surface area contributed by atoms with Crippen LogP contribution in [0.4, 0.5) is 5.69 Å². The third-order valence-corrected chi connectivity index (χ3v) is 4.31. The smallest absolute Gasteiger partial charge is 0.651 e. The van der Waals surface area contributed by atoms with Crippen LogP contribution in [0, 0.1) is 0 Å². The number of amides is 5. The molecule has 5 amide bonds. The Bertz CT molecular complexity index is 808. The first-order valence-corrected chi connectivity index (χ1v) is 10.6. The summed E-state index contributed by atoms with van der Waals surface area (Å²) in [5.41, 5.74) is 1.09. The molecule has 35 heavy (non-hydrogen) atoms. The molecule has 0 saturated heterocycles. The normalized spacial score (nSPS) is 9.54. The number of hydrogen-bond donors (Lipinski definition) is 3. The number of nitrogens with zero attached hydrogens (tertiary/aromatic N) is 2. The van der Waals surface area contributed by atoms with Gasteiger partial charge in [-0.05, 0) is 12.0 Å². The maximum atomic E-state index is 11.9. The average Bonchev–Trinajstić information content (AvgIpc) is 2.79. The Morgan fingerprint density at radius 2 is 1.46 bits per heavy atom. The molecule has 0 aliphatic carbocycles. The van der Waals surface area contributed by atoms with Gasteiger partial charge in [0.1, 0.15) is 0 Å². The van der Waals surface area contributed by atoms with Crippen molar-refractivity contribution in [2.45, 2.75) is 32.1 Å². The van der Waals surface area contributed by atoms with E-state index in [0.717, 1.165) is 5.56 Å². The van der Waals surface area contributed by atoms with Crippen molar-refractivity contribution in [3.05, 3.63) is 40.5 Å². The van der Waals surface area contributed by atoms with Gasteiger partial charge in [0.15, 0.2) is 0 Å². The fourth-order valence-electron chi connectivity index (χ4n) is 2.54. The van der Waals surface area contributed by atoms with Gasteiger partial charge in [-0.15, -0.1) is 12.2 Å². The number of hydrogen-bond acceptors (Lipinski definition) is 6. The van der Waals surface area contributed by atoms with Gasteiger partial charge in [-0.1, -0.05) is 24.3 Å². The molecule has 1 aromatic carbocycles. The third kappa shape index (κ3) is 19.9. The SMILES string of the molecule is CNC(=O)CCCOCC[N-]C(=O)CC(=O)[N-]c1ccc(CC(=O)NCCC(=O)NC)cc1.[Rb+].[Rb+]. The first kappa shape index (κ1) is 37.3. The Kier molecular flexibility index (Phi) is 24.8. The number of rotatable bonds is 15. The van der Waals surface area contributed by atoms with Crippen LogP contribution in [0.15, 0.2) is 24.3 Å². The Morgan fingerprint density at radius 3 is 2.09 bits per heavy atom. The zero-order chi connectivity index (χ0) is 24.5. The summed E-state index contributed by atoms with van der Waals surface area (Å²) in [5.74, 6) is -1.63. The van der Waals surface area contributed by atoms with Gasteiger partial charge in [0.25, 0.3) is 0 Å². The second kappa shape index (κ2) is 23.3. The summed E-state index contributed by atoms with van der Waals surface area (Å²) in [5, 5.41) is 15.2. The minimum Gasteiger partial charge on any atom is -0.651 e. The number of carbonyl (C=O) groups is 5. The van der Waals surface area contributed by atoms with Crippen LogP contribution in [-0.4, -0.2) is 69.9 Å². The van der Waals surface area contributed by atoms with Crippen molar-refractivity contribution < 1.29 is 145 Å². The zero-order valence-corrected chi connectivity index (χ0v) is 30.8. The fraction of sp³-hybridized carbons (Fsp3) is 0.500. The van der Waals surface area contributed by atoms with Crippen LogP contribution in [0.5, 0.6) is 0 Å². The van der Waals surface area contributed by atoms with Crippen molar-refractivity contribution >= 4 is 35.2 Å². The molecule has 0 heterocycles. The molecule has 0 spiro atoms. The van der Waals surface area contributed by atoms with Gasteiger partial charge in [0.2, 0.25) is 17.7 Å². The minimum absolute atomic E-state index is 0. The van der Waals surface area contributed by atoms with E-state index in [1.807, 2.05) is 0 Å². The van der Waals surface area contributed by atoms with Crippen LogP contribution >= 0.6 is 0 Å². The molecule has 1 aromatic rings. The zero-order valence-electron chi connectivity index (χ0n) is 21.0. The van der Waals surface area contributed by atoms with Gasteiger partial charge in [-0.3, -0.25) is 14.4 Å². The molecule has 3 N–H and O–H groups in total. The Hall–Kier alpha value is 0.140. The van der Waals surface area contributed by atoms with Gasteiger partial charge >= 0.3 is 116 Å². The van der Waals surface area contributed by atoms with Gasteiger partial charge in [-0.2, -0.15) is 0 Å². The van der Waals surface area contributed by atoms with Crippen molar-refractivity contribution in [2.24, 2.45) is 0 Å². The van der Waals surface area contributed by atoms with Crippen LogP contribution in [0.2, 0.25) is 0 Å². The molecule has 0 fully saturated rings. The molecule has 0 aliphatic heterocycles. The summed E-state index contributed by atoms with van der Waals surface area (Å²) in [6, 6.07) is 6.49. The Labute approximate surface area is 304 Å². The number of ether oxygens (including phenoxy) is 1. The van der Waals surface area contributed by atoms with Crippen molar-refractivity contribution in [3.8, 4) is 0 Å². The molecule has 0 unspecified atom stereocenters. The number of benzene rings is 1. The van der Waals surface area contributed by atoms with E-state index in [9.17, 15) is 24.0 Å². The van der Waals surface area contributed by atoms with E-state index in [4.69, 9.17) is 4.74 Å². The van der Waals surface area contributed by atoms with Crippen molar-refractivity contribution in [2.75, 3.05) is 40.4 Å². The monoisotopic (exact) mass is 631 g/mol. The number of carbonyl (C=O) groups excluding carboxylic acids is 5. The van der Waals surface area contributed by atoms with E-state index in [1.165, 1.54) is 7.05 Å². The van der Waals surface area contributed by atoms with Crippen LogP contribution in [-0.2, 0) is 35.1 Å². The molecule has 0 radical (unpaired) electrons. The summed E-state index contributed by atoms with van der Waals surface area (Å²) in [7, 11) is 3.10. The molecule has 0 aliphatic rings. The van der Waals surface area contributed by atoms with Gasteiger partial charge in [-0.25, -0.2) is 0 Å². The molecule has 0 saturated carbocycles. The molecule has 11 nitrogen and oxygen atoms in total. The first-order valence-electron chi connectivity index (χ1n) is 10.6. The Balaban J connectivity index is 0. The van der Waals surface area contributed by atoms with Crippen LogP contribution < -0.4 is 132 Å². The van der Waals surface area contributed by atoms with Crippen molar-refractivity contribution in [3.63, 3.8) is 0 Å². The molecule has 13 heteroatoms. The van der Waals surface area contributed by atoms with E-state index >= 15 is 0 Å². The van der Waals surface area contributed by atoms with Gasteiger partial charge in [0, 0.05) is 53.1 Å².